The number of halogens is 6. The van der Waals surface area contributed by atoms with Gasteiger partial charge in [-0.2, -0.15) is 5.26 Å². The molecule has 21 heavy (non-hydrogen) atoms. The maximum absolute atomic E-state index is 12.6. The largest absolute Gasteiger partial charge is 0.284 e. The van der Waals surface area contributed by atoms with Crippen LogP contribution in [0.25, 0.3) is 0 Å². The van der Waals surface area contributed by atoms with Crippen molar-refractivity contribution in [3.63, 3.8) is 0 Å². The third kappa shape index (κ3) is 3.12. The van der Waals surface area contributed by atoms with Gasteiger partial charge in [-0.25, -0.2) is 9.40 Å². The molecule has 0 spiro atoms. The molecule has 0 bridgehead atoms. The van der Waals surface area contributed by atoms with E-state index in [0.717, 1.165) is 0 Å². The van der Waals surface area contributed by atoms with Gasteiger partial charge in [-0.05, 0) is 12.1 Å². The maximum atomic E-state index is 12.6. The molecule has 112 valence electrons. The molecule has 0 amide bonds. The van der Waals surface area contributed by atoms with Crippen LogP contribution >= 0.6 is 69.8 Å². The van der Waals surface area contributed by atoms with Gasteiger partial charge in [0.05, 0.1) is 20.6 Å². The number of rotatable bonds is 3. The van der Waals surface area contributed by atoms with Crippen LogP contribution in [0.4, 0.5) is 10.1 Å². The zero-order valence-electron chi connectivity index (χ0n) is 9.93. The van der Waals surface area contributed by atoms with Gasteiger partial charge in [0.15, 0.2) is 0 Å². The molecule has 2 rings (SSSR count). The minimum atomic E-state index is -1.73. The lowest BCUT2D eigenvalue weighted by molar-refractivity contribution is 0.606. The summed E-state index contributed by atoms with van der Waals surface area (Å²) >= 11 is 31.3. The quantitative estimate of drug-likeness (QED) is 0.531. The first-order valence-corrected chi connectivity index (χ1v) is 8.13. The normalized spacial score (nSPS) is 16.9. The number of anilines is 1. The Hall–Kier alpha value is -0.220. The zero-order valence-corrected chi connectivity index (χ0v) is 14.5. The minimum absolute atomic E-state index is 0.0183. The SMILES string of the molecule is N#CC1=C(SCF)C(Cl)(Cl)N(c2c(Cl)cc(Cl)cc2Cl)N1. The van der Waals surface area contributed by atoms with Gasteiger partial charge in [-0.1, -0.05) is 69.8 Å². The maximum Gasteiger partial charge on any atom is 0.242 e. The molecule has 0 aliphatic carbocycles. The van der Waals surface area contributed by atoms with Crippen molar-refractivity contribution in [1.82, 2.24) is 5.43 Å². The summed E-state index contributed by atoms with van der Waals surface area (Å²) in [5, 5.41) is 11.0. The number of hydrogen-bond acceptors (Lipinski definition) is 4. The number of hydrazine groups is 1. The van der Waals surface area contributed by atoms with E-state index in [2.05, 4.69) is 5.43 Å². The number of nitrogens with one attached hydrogen (secondary N) is 1. The van der Waals surface area contributed by atoms with E-state index in [1.807, 2.05) is 6.07 Å². The fourth-order valence-corrected chi connectivity index (χ4v) is 4.08. The van der Waals surface area contributed by atoms with Crippen LogP contribution in [0.15, 0.2) is 22.7 Å². The lowest BCUT2D eigenvalue weighted by atomic mass is 10.3. The van der Waals surface area contributed by atoms with Gasteiger partial charge in [0.1, 0.15) is 17.8 Å². The average molecular weight is 408 g/mol. The molecule has 0 saturated heterocycles. The van der Waals surface area contributed by atoms with Crippen LogP contribution in [0.1, 0.15) is 0 Å². The molecule has 0 atom stereocenters. The second kappa shape index (κ2) is 6.49. The lowest BCUT2D eigenvalue weighted by Crippen LogP contribution is -2.43. The Morgan fingerprint density at radius 2 is 1.86 bits per heavy atom. The molecule has 1 aromatic carbocycles. The molecule has 1 heterocycles. The van der Waals surface area contributed by atoms with E-state index in [-0.39, 0.29) is 26.3 Å². The zero-order chi connectivity index (χ0) is 15.8. The van der Waals surface area contributed by atoms with Crippen LogP contribution < -0.4 is 10.4 Å². The molecule has 1 aromatic rings. The van der Waals surface area contributed by atoms with Crippen LogP contribution in [0, 0.1) is 11.3 Å². The number of alkyl halides is 3. The fourth-order valence-electron chi connectivity index (χ4n) is 1.72. The first kappa shape index (κ1) is 17.1. The molecular formula is C11H5Cl5FN3S. The summed E-state index contributed by atoms with van der Waals surface area (Å²) in [6.07, 6.45) is 0. The predicted octanol–water partition coefficient (Wildman–Crippen LogP) is 5.50. The number of nitriles is 1. The number of allylic oxidation sites excluding steroid dienone is 1. The minimum Gasteiger partial charge on any atom is -0.284 e. The summed E-state index contributed by atoms with van der Waals surface area (Å²) in [7, 11) is 0. The van der Waals surface area contributed by atoms with Crippen molar-refractivity contribution in [2.75, 3.05) is 11.0 Å². The summed E-state index contributed by atoms with van der Waals surface area (Å²) in [6.45, 7) is 0. The Balaban J connectivity index is 2.52. The first-order valence-electron chi connectivity index (χ1n) is 5.25. The Bertz CT molecular complexity index is 635. The highest BCUT2D eigenvalue weighted by Gasteiger charge is 2.47. The van der Waals surface area contributed by atoms with Gasteiger partial charge in [0.25, 0.3) is 0 Å². The van der Waals surface area contributed by atoms with Crippen LogP contribution in [0.3, 0.4) is 0 Å². The van der Waals surface area contributed by atoms with Gasteiger partial charge < -0.3 is 0 Å². The smallest absolute Gasteiger partial charge is 0.242 e. The molecule has 10 heteroatoms. The van der Waals surface area contributed by atoms with Crippen molar-refractivity contribution in [3.05, 3.63) is 37.8 Å². The van der Waals surface area contributed by atoms with Crippen LogP contribution in [-0.4, -0.2) is 10.5 Å². The topological polar surface area (TPSA) is 39.1 Å². The number of nitrogens with zero attached hydrogens (tertiary/aromatic N) is 2. The van der Waals surface area contributed by atoms with E-state index in [4.69, 9.17) is 63.3 Å². The van der Waals surface area contributed by atoms with Gasteiger partial charge in [-0.15, -0.1) is 0 Å². The van der Waals surface area contributed by atoms with Crippen molar-refractivity contribution in [2.45, 2.75) is 4.46 Å². The molecule has 0 radical (unpaired) electrons. The Kier molecular flexibility index (Phi) is 5.30. The van der Waals surface area contributed by atoms with Crippen LogP contribution in [-0.2, 0) is 0 Å². The second-order valence-corrected chi connectivity index (χ2v) is 7.23. The molecule has 0 unspecified atom stereocenters. The molecule has 1 aliphatic rings. The summed E-state index contributed by atoms with van der Waals surface area (Å²) < 4.78 is 10.9. The second-order valence-electron chi connectivity index (χ2n) is 3.78. The van der Waals surface area contributed by atoms with E-state index in [1.54, 1.807) is 0 Å². The van der Waals surface area contributed by atoms with E-state index in [1.165, 1.54) is 17.1 Å². The molecule has 3 nitrogen and oxygen atoms in total. The third-order valence-corrected chi connectivity index (χ3v) is 5.15. The highest BCUT2D eigenvalue weighted by atomic mass is 35.5. The van der Waals surface area contributed by atoms with Crippen molar-refractivity contribution < 1.29 is 4.39 Å². The van der Waals surface area contributed by atoms with Crippen LogP contribution in [0.5, 0.6) is 0 Å². The fraction of sp³-hybridized carbons (Fsp3) is 0.182. The third-order valence-electron chi connectivity index (χ3n) is 2.52. The average Bonchev–Trinajstić information content (AvgIpc) is 2.62. The molecular weight excluding hydrogens is 402 g/mol. The molecule has 1 N–H and O–H groups in total. The van der Waals surface area contributed by atoms with Crippen molar-refractivity contribution in [1.29, 1.82) is 5.26 Å². The number of hydrogen-bond donors (Lipinski definition) is 1. The highest BCUT2D eigenvalue weighted by molar-refractivity contribution is 8.03. The highest BCUT2D eigenvalue weighted by Crippen LogP contribution is 2.50. The van der Waals surface area contributed by atoms with E-state index in [0.29, 0.717) is 16.8 Å². The van der Waals surface area contributed by atoms with Gasteiger partial charge in [0.2, 0.25) is 4.46 Å². The number of benzene rings is 1. The van der Waals surface area contributed by atoms with Crippen molar-refractivity contribution in [2.24, 2.45) is 0 Å². The lowest BCUT2D eigenvalue weighted by Gasteiger charge is -2.31. The number of thioether (sulfide) groups is 1. The van der Waals surface area contributed by atoms with Crippen molar-refractivity contribution in [3.8, 4) is 6.07 Å². The summed E-state index contributed by atoms with van der Waals surface area (Å²) in [6, 6.07) is 3.96. The van der Waals surface area contributed by atoms with Crippen molar-refractivity contribution >= 4 is 75.5 Å². The molecule has 0 aromatic heterocycles. The Morgan fingerprint density at radius 3 is 2.33 bits per heavy atom. The standard InChI is InChI=1S/C11H5Cl5FN3S/c12-5-1-6(13)9(7(14)2-5)20-11(15,16)10(21-4-17)8(3-18)19-20/h1-2,19H,4H2. The Morgan fingerprint density at radius 1 is 1.29 bits per heavy atom. The summed E-state index contributed by atoms with van der Waals surface area (Å²) in [5.41, 5.74) is 2.92. The van der Waals surface area contributed by atoms with Crippen LogP contribution in [0.2, 0.25) is 15.1 Å². The summed E-state index contributed by atoms with van der Waals surface area (Å²) in [4.78, 5) is 0.123. The van der Waals surface area contributed by atoms with Gasteiger partial charge >= 0.3 is 0 Å². The Labute approximate surface area is 149 Å². The summed E-state index contributed by atoms with van der Waals surface area (Å²) in [5.74, 6) is 0. The van der Waals surface area contributed by atoms with E-state index in [9.17, 15) is 4.39 Å². The molecule has 0 saturated carbocycles. The van der Waals surface area contributed by atoms with E-state index < -0.39 is 10.5 Å². The van der Waals surface area contributed by atoms with Gasteiger partial charge in [-0.3, -0.25) is 5.43 Å². The molecule has 0 fully saturated rings. The van der Waals surface area contributed by atoms with E-state index >= 15 is 0 Å². The predicted molar refractivity (Wildman–Crippen MR) is 87.7 cm³/mol. The van der Waals surface area contributed by atoms with Gasteiger partial charge in [0, 0.05) is 5.02 Å². The molecule has 1 aliphatic heterocycles. The first-order chi connectivity index (χ1) is 9.82. The monoisotopic (exact) mass is 405 g/mol.